The molecule has 0 fully saturated rings. The van der Waals surface area contributed by atoms with Gasteiger partial charge in [0.25, 0.3) is 0 Å². The Morgan fingerprint density at radius 2 is 1.18 bits per heavy atom. The highest BCUT2D eigenvalue weighted by Gasteiger charge is 2.35. The zero-order chi connectivity index (χ0) is 23.2. The Morgan fingerprint density at radius 3 is 1.71 bits per heavy atom. The molecule has 5 rings (SSSR count). The van der Waals surface area contributed by atoms with Crippen LogP contribution in [0.1, 0.15) is 27.9 Å². The Kier molecular flexibility index (Phi) is 6.25. The fraction of sp³-hybridized carbons (Fsp3) is 0.129. The summed E-state index contributed by atoms with van der Waals surface area (Å²) >= 11 is 0. The molecular formula is C31H27N3. The van der Waals surface area contributed by atoms with Gasteiger partial charge in [-0.15, -0.1) is 0 Å². The van der Waals surface area contributed by atoms with E-state index >= 15 is 0 Å². The van der Waals surface area contributed by atoms with Crippen LogP contribution in [0, 0.1) is 11.3 Å². The lowest BCUT2D eigenvalue weighted by atomic mass is 9.77. The first-order valence-corrected chi connectivity index (χ1v) is 11.7. The summed E-state index contributed by atoms with van der Waals surface area (Å²) in [5.74, 6) is 0. The van der Waals surface area contributed by atoms with Gasteiger partial charge in [-0.05, 0) is 34.7 Å². The lowest BCUT2D eigenvalue weighted by Gasteiger charge is -2.37. The highest BCUT2D eigenvalue weighted by molar-refractivity contribution is 5.84. The largest absolute Gasteiger partial charge is 0.357 e. The first kappa shape index (κ1) is 21.7. The third-order valence-corrected chi connectivity index (χ3v) is 6.54. The normalized spacial score (nSPS) is 11.4. The Hall–Kier alpha value is -4.13. The summed E-state index contributed by atoms with van der Waals surface area (Å²) in [6.07, 6.45) is 1.19. The molecular weight excluding hydrogens is 414 g/mol. The van der Waals surface area contributed by atoms with Gasteiger partial charge in [-0.3, -0.25) is 5.32 Å². The van der Waals surface area contributed by atoms with Gasteiger partial charge in [0.15, 0.2) is 0 Å². The van der Waals surface area contributed by atoms with E-state index in [-0.39, 0.29) is 0 Å². The predicted molar refractivity (Wildman–Crippen MR) is 139 cm³/mol. The fourth-order valence-corrected chi connectivity index (χ4v) is 5.02. The van der Waals surface area contributed by atoms with Gasteiger partial charge in [0.1, 0.15) is 0 Å². The number of hydrogen-bond donors (Lipinski definition) is 2. The molecule has 0 saturated carbocycles. The number of nitrogens with zero attached hydrogens (tertiary/aromatic N) is 1. The molecule has 166 valence electrons. The van der Waals surface area contributed by atoms with Crippen LogP contribution >= 0.6 is 0 Å². The van der Waals surface area contributed by atoms with Crippen LogP contribution in [0.4, 0.5) is 0 Å². The van der Waals surface area contributed by atoms with Crippen LogP contribution in [0.2, 0.25) is 0 Å². The van der Waals surface area contributed by atoms with Gasteiger partial charge in [0.2, 0.25) is 0 Å². The van der Waals surface area contributed by atoms with Gasteiger partial charge >= 0.3 is 0 Å². The van der Waals surface area contributed by atoms with Crippen molar-refractivity contribution in [2.75, 3.05) is 6.54 Å². The third kappa shape index (κ3) is 4.01. The second kappa shape index (κ2) is 9.79. The first-order valence-electron chi connectivity index (χ1n) is 11.7. The van der Waals surface area contributed by atoms with E-state index in [9.17, 15) is 5.26 Å². The monoisotopic (exact) mass is 441 g/mol. The molecule has 0 spiro atoms. The number of aromatic nitrogens is 1. The Morgan fingerprint density at radius 1 is 0.676 bits per heavy atom. The standard InChI is InChI=1S/C31H27N3/c32-22-20-30-28(27-18-10-11-19-29(27)34-30)21-23-33-31(24-12-4-1-5-13-24,25-14-6-2-7-15-25)26-16-8-3-9-17-26/h1-19,33-34H,20-21,23H2. The summed E-state index contributed by atoms with van der Waals surface area (Å²) in [5.41, 5.74) is 6.41. The van der Waals surface area contributed by atoms with Crippen molar-refractivity contribution in [3.05, 3.63) is 143 Å². The first-order chi connectivity index (χ1) is 16.8. The Bertz CT molecular complexity index is 1300. The molecule has 0 aliphatic carbocycles. The van der Waals surface area contributed by atoms with Crippen molar-refractivity contribution < 1.29 is 0 Å². The molecule has 3 nitrogen and oxygen atoms in total. The number of aromatic amines is 1. The maximum atomic E-state index is 9.38. The molecule has 5 aromatic rings. The molecule has 3 heteroatoms. The Labute approximate surface area is 200 Å². The second-order valence-electron chi connectivity index (χ2n) is 8.49. The van der Waals surface area contributed by atoms with E-state index in [1.54, 1.807) is 0 Å². The van der Waals surface area contributed by atoms with Crippen molar-refractivity contribution in [1.29, 1.82) is 5.26 Å². The van der Waals surface area contributed by atoms with E-state index in [1.165, 1.54) is 27.6 Å². The third-order valence-electron chi connectivity index (χ3n) is 6.54. The van der Waals surface area contributed by atoms with Crippen LogP contribution in [0.3, 0.4) is 0 Å². The number of rotatable bonds is 8. The van der Waals surface area contributed by atoms with Gasteiger partial charge in [-0.2, -0.15) is 5.26 Å². The maximum Gasteiger partial charge on any atom is 0.0948 e. The molecule has 0 atom stereocenters. The van der Waals surface area contributed by atoms with Crippen molar-refractivity contribution in [2.24, 2.45) is 0 Å². The molecule has 0 aliphatic heterocycles. The zero-order valence-corrected chi connectivity index (χ0v) is 19.0. The highest BCUT2D eigenvalue weighted by Crippen LogP contribution is 2.37. The van der Waals surface area contributed by atoms with Crippen LogP contribution < -0.4 is 5.32 Å². The van der Waals surface area contributed by atoms with Gasteiger partial charge in [-0.1, -0.05) is 109 Å². The average Bonchev–Trinajstić information content (AvgIpc) is 3.25. The summed E-state index contributed by atoms with van der Waals surface area (Å²) < 4.78 is 0. The number of hydrogen-bond acceptors (Lipinski definition) is 2. The minimum absolute atomic E-state index is 0.380. The maximum absolute atomic E-state index is 9.38. The minimum Gasteiger partial charge on any atom is -0.357 e. The lowest BCUT2D eigenvalue weighted by Crippen LogP contribution is -2.45. The zero-order valence-electron chi connectivity index (χ0n) is 19.0. The number of H-pyrrole nitrogens is 1. The van der Waals surface area contributed by atoms with Crippen LogP contribution in [0.15, 0.2) is 115 Å². The molecule has 4 aromatic carbocycles. The van der Waals surface area contributed by atoms with Crippen molar-refractivity contribution in [3.63, 3.8) is 0 Å². The number of fused-ring (bicyclic) bond motifs is 1. The molecule has 0 aliphatic rings. The van der Waals surface area contributed by atoms with E-state index in [0.29, 0.717) is 6.42 Å². The molecule has 2 N–H and O–H groups in total. The van der Waals surface area contributed by atoms with Gasteiger partial charge in [0, 0.05) is 23.1 Å². The van der Waals surface area contributed by atoms with Crippen molar-refractivity contribution >= 4 is 10.9 Å². The summed E-state index contributed by atoms with van der Waals surface area (Å²) in [4.78, 5) is 3.46. The minimum atomic E-state index is -0.495. The lowest BCUT2D eigenvalue weighted by molar-refractivity contribution is 0.476. The van der Waals surface area contributed by atoms with Crippen molar-refractivity contribution in [2.45, 2.75) is 18.4 Å². The topological polar surface area (TPSA) is 51.6 Å². The molecule has 1 aromatic heterocycles. The van der Waals surface area contributed by atoms with Crippen LogP contribution in [0.25, 0.3) is 10.9 Å². The van der Waals surface area contributed by atoms with E-state index < -0.39 is 5.54 Å². The van der Waals surface area contributed by atoms with Gasteiger partial charge < -0.3 is 4.98 Å². The molecule has 1 heterocycles. The Balaban J connectivity index is 1.58. The van der Waals surface area contributed by atoms with E-state index in [2.05, 4.69) is 126 Å². The molecule has 0 bridgehead atoms. The van der Waals surface area contributed by atoms with Gasteiger partial charge in [-0.25, -0.2) is 0 Å². The molecule has 0 radical (unpaired) electrons. The van der Waals surface area contributed by atoms with E-state index in [1.807, 2.05) is 6.07 Å². The number of nitrogens with one attached hydrogen (secondary N) is 2. The summed E-state index contributed by atoms with van der Waals surface area (Å²) in [7, 11) is 0. The van der Waals surface area contributed by atoms with E-state index in [4.69, 9.17) is 0 Å². The number of nitriles is 1. The molecule has 0 unspecified atom stereocenters. The predicted octanol–water partition coefficient (Wildman–Crippen LogP) is 6.36. The quantitative estimate of drug-likeness (QED) is 0.275. The molecule has 34 heavy (non-hydrogen) atoms. The highest BCUT2D eigenvalue weighted by atomic mass is 15.0. The summed E-state index contributed by atoms with van der Waals surface area (Å²) in [6.45, 7) is 0.749. The average molecular weight is 442 g/mol. The summed E-state index contributed by atoms with van der Waals surface area (Å²) in [5, 5.41) is 14.5. The second-order valence-corrected chi connectivity index (χ2v) is 8.49. The molecule has 0 amide bonds. The SMILES string of the molecule is N#CCc1[nH]c2ccccc2c1CCNC(c1ccccc1)(c1ccccc1)c1ccccc1. The van der Waals surface area contributed by atoms with Crippen LogP contribution in [-0.2, 0) is 18.4 Å². The number of para-hydroxylation sites is 1. The number of benzene rings is 4. The molecule has 0 saturated heterocycles. The smallest absolute Gasteiger partial charge is 0.0948 e. The van der Waals surface area contributed by atoms with Crippen molar-refractivity contribution in [1.82, 2.24) is 10.3 Å². The van der Waals surface area contributed by atoms with E-state index in [0.717, 1.165) is 24.2 Å². The van der Waals surface area contributed by atoms with Crippen molar-refractivity contribution in [3.8, 4) is 6.07 Å². The summed E-state index contributed by atoms with van der Waals surface area (Å²) in [6, 6.07) is 42.6. The fourth-order valence-electron chi connectivity index (χ4n) is 5.02. The van der Waals surface area contributed by atoms with Crippen LogP contribution in [0.5, 0.6) is 0 Å². The van der Waals surface area contributed by atoms with Crippen LogP contribution in [-0.4, -0.2) is 11.5 Å². The van der Waals surface area contributed by atoms with Gasteiger partial charge in [0.05, 0.1) is 18.0 Å².